The minimum Gasteiger partial charge on any atom is -0.491 e. The van der Waals surface area contributed by atoms with Gasteiger partial charge in [-0.1, -0.05) is 18.2 Å². The molecule has 4 heteroatoms. The lowest BCUT2D eigenvalue weighted by molar-refractivity contribution is 0.0617. The number of nitrogens with two attached hydrogens (primary N) is 1. The van der Waals surface area contributed by atoms with E-state index in [1.807, 2.05) is 24.3 Å². The van der Waals surface area contributed by atoms with E-state index in [2.05, 4.69) is 0 Å². The first-order valence-electron chi connectivity index (χ1n) is 5.25. The molecule has 90 valence electrons. The van der Waals surface area contributed by atoms with E-state index in [0.717, 1.165) is 0 Å². The molecular formula is C12H19NO3. The summed E-state index contributed by atoms with van der Waals surface area (Å²) in [6.07, 6.45) is 0. The predicted octanol–water partition coefficient (Wildman–Crippen LogP) is 0.878. The van der Waals surface area contributed by atoms with E-state index in [4.69, 9.17) is 15.2 Å². The fourth-order valence-electron chi connectivity index (χ4n) is 1.38. The Kier molecular flexibility index (Phi) is 4.73. The summed E-state index contributed by atoms with van der Waals surface area (Å²) in [6.45, 7) is 2.79. The molecule has 1 unspecified atom stereocenters. The van der Waals surface area contributed by atoms with Crippen LogP contribution in [0.2, 0.25) is 0 Å². The zero-order chi connectivity index (χ0) is 12.0. The number of para-hydroxylation sites is 1. The van der Waals surface area contributed by atoms with E-state index in [1.165, 1.54) is 0 Å². The van der Waals surface area contributed by atoms with Crippen LogP contribution in [0.1, 0.15) is 12.5 Å². The SMILES string of the molecule is COCCOc1ccccc1C(C)(O)CN. The Morgan fingerprint density at radius 3 is 2.62 bits per heavy atom. The lowest BCUT2D eigenvalue weighted by Crippen LogP contribution is -2.31. The third kappa shape index (κ3) is 3.20. The van der Waals surface area contributed by atoms with Crippen molar-refractivity contribution in [3.8, 4) is 5.75 Å². The Morgan fingerprint density at radius 2 is 2.00 bits per heavy atom. The molecule has 0 aliphatic carbocycles. The zero-order valence-electron chi connectivity index (χ0n) is 9.77. The fraction of sp³-hybridized carbons (Fsp3) is 0.500. The average Bonchev–Trinajstić information content (AvgIpc) is 2.30. The second-order valence-corrected chi connectivity index (χ2v) is 3.82. The van der Waals surface area contributed by atoms with Crippen LogP contribution in [-0.4, -0.2) is 32.0 Å². The standard InChI is InChI=1S/C12H19NO3/c1-12(14,9-13)10-5-3-4-6-11(10)16-8-7-15-2/h3-6,14H,7-9,13H2,1-2H3. The molecule has 4 nitrogen and oxygen atoms in total. The van der Waals surface area contributed by atoms with Crippen LogP contribution < -0.4 is 10.5 Å². The number of hydrogen-bond acceptors (Lipinski definition) is 4. The van der Waals surface area contributed by atoms with E-state index in [-0.39, 0.29) is 6.54 Å². The maximum atomic E-state index is 10.1. The van der Waals surface area contributed by atoms with Gasteiger partial charge in [0.05, 0.1) is 6.61 Å². The number of benzene rings is 1. The van der Waals surface area contributed by atoms with Crippen LogP contribution >= 0.6 is 0 Å². The summed E-state index contributed by atoms with van der Waals surface area (Å²) in [4.78, 5) is 0. The molecule has 0 saturated heterocycles. The van der Waals surface area contributed by atoms with Crippen LogP contribution in [0.4, 0.5) is 0 Å². The second-order valence-electron chi connectivity index (χ2n) is 3.82. The van der Waals surface area contributed by atoms with Crippen molar-refractivity contribution >= 4 is 0 Å². The van der Waals surface area contributed by atoms with Gasteiger partial charge in [0.2, 0.25) is 0 Å². The Hall–Kier alpha value is -1.10. The fourth-order valence-corrected chi connectivity index (χ4v) is 1.38. The maximum absolute atomic E-state index is 10.1. The van der Waals surface area contributed by atoms with Crippen LogP contribution in [0.25, 0.3) is 0 Å². The highest BCUT2D eigenvalue weighted by atomic mass is 16.5. The molecule has 1 rings (SSSR count). The Labute approximate surface area is 96.0 Å². The summed E-state index contributed by atoms with van der Waals surface area (Å²) in [7, 11) is 1.62. The topological polar surface area (TPSA) is 64.7 Å². The van der Waals surface area contributed by atoms with E-state index in [9.17, 15) is 5.11 Å². The summed E-state index contributed by atoms with van der Waals surface area (Å²) >= 11 is 0. The predicted molar refractivity (Wildman–Crippen MR) is 62.4 cm³/mol. The van der Waals surface area contributed by atoms with Crippen LogP contribution in [0.15, 0.2) is 24.3 Å². The van der Waals surface area contributed by atoms with E-state index >= 15 is 0 Å². The minimum atomic E-state index is -1.07. The largest absolute Gasteiger partial charge is 0.491 e. The molecule has 0 amide bonds. The van der Waals surface area contributed by atoms with Crippen molar-refractivity contribution < 1.29 is 14.6 Å². The number of hydrogen-bond donors (Lipinski definition) is 2. The number of rotatable bonds is 6. The molecule has 0 aliphatic rings. The highest BCUT2D eigenvalue weighted by molar-refractivity contribution is 5.37. The highest BCUT2D eigenvalue weighted by Crippen LogP contribution is 2.28. The molecule has 0 spiro atoms. The second kappa shape index (κ2) is 5.84. The Balaban J connectivity index is 2.83. The molecule has 0 saturated carbocycles. The molecule has 1 atom stereocenters. The smallest absolute Gasteiger partial charge is 0.125 e. The third-order valence-corrected chi connectivity index (χ3v) is 2.41. The zero-order valence-corrected chi connectivity index (χ0v) is 9.77. The van der Waals surface area contributed by atoms with Gasteiger partial charge in [-0.2, -0.15) is 0 Å². The van der Waals surface area contributed by atoms with Gasteiger partial charge in [0.15, 0.2) is 0 Å². The summed E-state index contributed by atoms with van der Waals surface area (Å²) < 4.78 is 10.4. The average molecular weight is 225 g/mol. The summed E-state index contributed by atoms with van der Waals surface area (Å²) in [5.41, 5.74) is 5.17. The van der Waals surface area contributed by atoms with Gasteiger partial charge in [-0.15, -0.1) is 0 Å². The normalized spacial score (nSPS) is 14.5. The monoisotopic (exact) mass is 225 g/mol. The summed E-state index contributed by atoms with van der Waals surface area (Å²) in [5.74, 6) is 0.648. The molecular weight excluding hydrogens is 206 g/mol. The Bertz CT molecular complexity index is 326. The van der Waals surface area contributed by atoms with Crippen molar-refractivity contribution in [2.24, 2.45) is 5.73 Å². The van der Waals surface area contributed by atoms with Crippen LogP contribution in [0.5, 0.6) is 5.75 Å². The summed E-state index contributed by atoms with van der Waals surface area (Å²) in [6, 6.07) is 7.34. The van der Waals surface area contributed by atoms with E-state index in [1.54, 1.807) is 14.0 Å². The molecule has 0 bridgehead atoms. The molecule has 0 radical (unpaired) electrons. The van der Waals surface area contributed by atoms with Crippen molar-refractivity contribution in [2.45, 2.75) is 12.5 Å². The highest BCUT2D eigenvalue weighted by Gasteiger charge is 2.24. The third-order valence-electron chi connectivity index (χ3n) is 2.41. The molecule has 0 aromatic heterocycles. The molecule has 1 aromatic rings. The van der Waals surface area contributed by atoms with Gasteiger partial charge in [-0.25, -0.2) is 0 Å². The maximum Gasteiger partial charge on any atom is 0.125 e. The molecule has 16 heavy (non-hydrogen) atoms. The molecule has 0 aliphatic heterocycles. The van der Waals surface area contributed by atoms with Gasteiger partial charge in [0.1, 0.15) is 18.0 Å². The van der Waals surface area contributed by atoms with Gasteiger partial charge in [-0.3, -0.25) is 0 Å². The van der Waals surface area contributed by atoms with E-state index in [0.29, 0.717) is 24.5 Å². The van der Waals surface area contributed by atoms with Crippen molar-refractivity contribution in [3.05, 3.63) is 29.8 Å². The quantitative estimate of drug-likeness (QED) is 0.705. The summed E-state index contributed by atoms with van der Waals surface area (Å²) in [5, 5.41) is 10.1. The van der Waals surface area contributed by atoms with Gasteiger partial charge in [0.25, 0.3) is 0 Å². The molecule has 1 aromatic carbocycles. The van der Waals surface area contributed by atoms with Gasteiger partial charge < -0.3 is 20.3 Å². The number of aliphatic hydroxyl groups is 1. The minimum absolute atomic E-state index is 0.150. The Morgan fingerprint density at radius 1 is 1.31 bits per heavy atom. The lowest BCUT2D eigenvalue weighted by atomic mass is 9.95. The number of methoxy groups -OCH3 is 1. The van der Waals surface area contributed by atoms with Gasteiger partial charge >= 0.3 is 0 Å². The lowest BCUT2D eigenvalue weighted by Gasteiger charge is -2.24. The number of ether oxygens (including phenoxy) is 2. The van der Waals surface area contributed by atoms with Gasteiger partial charge in [-0.05, 0) is 13.0 Å². The first-order chi connectivity index (χ1) is 7.61. The van der Waals surface area contributed by atoms with Crippen molar-refractivity contribution in [1.29, 1.82) is 0 Å². The molecule has 0 fully saturated rings. The van der Waals surface area contributed by atoms with Crippen molar-refractivity contribution in [3.63, 3.8) is 0 Å². The molecule has 0 heterocycles. The van der Waals surface area contributed by atoms with Gasteiger partial charge in [0, 0.05) is 19.2 Å². The van der Waals surface area contributed by atoms with Crippen LogP contribution in [0, 0.1) is 0 Å². The van der Waals surface area contributed by atoms with Crippen molar-refractivity contribution in [1.82, 2.24) is 0 Å². The first kappa shape index (κ1) is 13.0. The van der Waals surface area contributed by atoms with Crippen LogP contribution in [0.3, 0.4) is 0 Å². The van der Waals surface area contributed by atoms with Crippen molar-refractivity contribution in [2.75, 3.05) is 26.9 Å². The van der Waals surface area contributed by atoms with E-state index < -0.39 is 5.60 Å². The van der Waals surface area contributed by atoms with Crippen LogP contribution in [-0.2, 0) is 10.3 Å². The molecule has 3 N–H and O–H groups in total. The first-order valence-corrected chi connectivity index (χ1v) is 5.25.